The van der Waals surface area contributed by atoms with Gasteiger partial charge in [-0.3, -0.25) is 0 Å². The van der Waals surface area contributed by atoms with Gasteiger partial charge in [-0.1, -0.05) is 62.4 Å². The van der Waals surface area contributed by atoms with Crippen molar-refractivity contribution < 1.29 is 4.74 Å². The zero-order chi connectivity index (χ0) is 14.5. The van der Waals surface area contributed by atoms with Crippen molar-refractivity contribution in [3.05, 3.63) is 59.7 Å². The van der Waals surface area contributed by atoms with Crippen molar-refractivity contribution >= 4 is 0 Å². The van der Waals surface area contributed by atoms with Crippen LogP contribution in [0.15, 0.2) is 48.5 Å². The molecule has 0 radical (unpaired) electrons. The summed E-state index contributed by atoms with van der Waals surface area (Å²) in [5.41, 5.74) is 5.14. The molecule has 2 aromatic carbocycles. The van der Waals surface area contributed by atoms with Crippen molar-refractivity contribution in [2.24, 2.45) is 0 Å². The van der Waals surface area contributed by atoms with E-state index in [9.17, 15) is 0 Å². The SMILES string of the molecule is CC(C)OCc1ccc(-c2ccc(C(C)C)cc2)cc1. The molecule has 0 heterocycles. The highest BCUT2D eigenvalue weighted by Crippen LogP contribution is 2.23. The molecular weight excluding hydrogens is 244 g/mol. The van der Waals surface area contributed by atoms with Crippen molar-refractivity contribution in [1.29, 1.82) is 0 Å². The van der Waals surface area contributed by atoms with Gasteiger partial charge in [0.25, 0.3) is 0 Å². The standard InChI is InChI=1S/C19H24O/c1-14(2)17-9-11-19(12-10-17)18-7-5-16(6-8-18)13-20-15(3)4/h5-12,14-15H,13H2,1-4H3. The van der Waals surface area contributed by atoms with Crippen molar-refractivity contribution in [2.75, 3.05) is 0 Å². The van der Waals surface area contributed by atoms with Crippen LogP contribution in [0.2, 0.25) is 0 Å². The first-order valence-electron chi connectivity index (χ1n) is 7.37. The normalized spacial score (nSPS) is 11.3. The number of rotatable bonds is 5. The minimum absolute atomic E-state index is 0.276. The molecule has 0 spiro atoms. The first kappa shape index (κ1) is 14.8. The summed E-state index contributed by atoms with van der Waals surface area (Å²) in [6.45, 7) is 9.25. The van der Waals surface area contributed by atoms with Crippen molar-refractivity contribution in [3.63, 3.8) is 0 Å². The number of hydrogen-bond donors (Lipinski definition) is 0. The molecule has 0 aromatic heterocycles. The lowest BCUT2D eigenvalue weighted by molar-refractivity contribution is 0.0657. The van der Waals surface area contributed by atoms with Gasteiger partial charge in [-0.05, 0) is 42.0 Å². The average molecular weight is 268 g/mol. The molecule has 0 saturated carbocycles. The third-order valence-corrected chi connectivity index (χ3v) is 3.45. The van der Waals surface area contributed by atoms with Gasteiger partial charge in [0.05, 0.1) is 12.7 Å². The van der Waals surface area contributed by atoms with Crippen molar-refractivity contribution in [1.82, 2.24) is 0 Å². The molecular formula is C19H24O. The Kier molecular flexibility index (Phi) is 4.97. The second-order valence-electron chi connectivity index (χ2n) is 5.83. The van der Waals surface area contributed by atoms with Crippen LogP contribution in [0.3, 0.4) is 0 Å². The molecule has 0 unspecified atom stereocenters. The summed E-state index contributed by atoms with van der Waals surface area (Å²) in [7, 11) is 0. The lowest BCUT2D eigenvalue weighted by Crippen LogP contribution is -2.01. The molecule has 0 saturated heterocycles. The van der Waals surface area contributed by atoms with Gasteiger partial charge in [0, 0.05) is 0 Å². The third kappa shape index (κ3) is 3.94. The summed E-state index contributed by atoms with van der Waals surface area (Å²) < 4.78 is 5.62. The Hall–Kier alpha value is -1.60. The summed E-state index contributed by atoms with van der Waals surface area (Å²) in [5, 5.41) is 0. The van der Waals surface area contributed by atoms with E-state index in [4.69, 9.17) is 4.74 Å². The minimum Gasteiger partial charge on any atom is -0.374 e. The molecule has 0 atom stereocenters. The second kappa shape index (κ2) is 6.71. The number of benzene rings is 2. The van der Waals surface area contributed by atoms with Crippen LogP contribution in [0.25, 0.3) is 11.1 Å². The maximum Gasteiger partial charge on any atom is 0.0720 e. The van der Waals surface area contributed by atoms with Crippen LogP contribution in [-0.4, -0.2) is 6.10 Å². The van der Waals surface area contributed by atoms with E-state index in [-0.39, 0.29) is 6.10 Å². The van der Waals surface area contributed by atoms with Gasteiger partial charge < -0.3 is 4.74 Å². The number of hydrogen-bond acceptors (Lipinski definition) is 1. The van der Waals surface area contributed by atoms with Crippen LogP contribution in [0.5, 0.6) is 0 Å². The van der Waals surface area contributed by atoms with Gasteiger partial charge in [-0.15, -0.1) is 0 Å². The van der Waals surface area contributed by atoms with Gasteiger partial charge in [0.15, 0.2) is 0 Å². The Morgan fingerprint density at radius 1 is 0.750 bits per heavy atom. The van der Waals surface area contributed by atoms with Gasteiger partial charge >= 0.3 is 0 Å². The second-order valence-corrected chi connectivity index (χ2v) is 5.83. The molecule has 0 N–H and O–H groups in total. The first-order chi connectivity index (χ1) is 9.56. The Morgan fingerprint density at radius 3 is 1.70 bits per heavy atom. The monoisotopic (exact) mass is 268 g/mol. The summed E-state index contributed by atoms with van der Waals surface area (Å²) in [4.78, 5) is 0. The lowest BCUT2D eigenvalue weighted by Gasteiger charge is -2.09. The summed E-state index contributed by atoms with van der Waals surface area (Å²) in [5.74, 6) is 0.583. The van der Waals surface area contributed by atoms with E-state index < -0.39 is 0 Å². The maximum absolute atomic E-state index is 5.62. The van der Waals surface area contributed by atoms with Crippen LogP contribution in [0, 0.1) is 0 Å². The summed E-state index contributed by atoms with van der Waals surface area (Å²) in [6, 6.07) is 17.5. The van der Waals surface area contributed by atoms with Gasteiger partial charge in [-0.25, -0.2) is 0 Å². The Morgan fingerprint density at radius 2 is 1.25 bits per heavy atom. The molecule has 1 heteroatoms. The highest BCUT2D eigenvalue weighted by molar-refractivity contribution is 5.64. The topological polar surface area (TPSA) is 9.23 Å². The van der Waals surface area contributed by atoms with Gasteiger partial charge in [0.2, 0.25) is 0 Å². The zero-order valence-corrected chi connectivity index (χ0v) is 12.9. The quantitative estimate of drug-likeness (QED) is 0.705. The van der Waals surface area contributed by atoms with Gasteiger partial charge in [-0.2, -0.15) is 0 Å². The fourth-order valence-corrected chi connectivity index (χ4v) is 2.12. The summed E-state index contributed by atoms with van der Waals surface area (Å²) >= 11 is 0. The molecule has 0 bridgehead atoms. The largest absolute Gasteiger partial charge is 0.374 e. The Balaban J connectivity index is 2.09. The molecule has 0 aliphatic carbocycles. The summed E-state index contributed by atoms with van der Waals surface area (Å²) in [6.07, 6.45) is 0.276. The Bertz CT molecular complexity index is 521. The van der Waals surface area contributed by atoms with Crippen LogP contribution in [-0.2, 0) is 11.3 Å². The van der Waals surface area contributed by atoms with E-state index in [2.05, 4.69) is 76.2 Å². The average Bonchev–Trinajstić information content (AvgIpc) is 2.46. The van der Waals surface area contributed by atoms with E-state index in [1.54, 1.807) is 0 Å². The molecule has 0 aliphatic rings. The van der Waals surface area contributed by atoms with Crippen molar-refractivity contribution in [3.8, 4) is 11.1 Å². The maximum atomic E-state index is 5.62. The van der Waals surface area contributed by atoms with Crippen LogP contribution in [0.4, 0.5) is 0 Å². The predicted molar refractivity (Wildman–Crippen MR) is 85.9 cm³/mol. The molecule has 0 fully saturated rings. The fourth-order valence-electron chi connectivity index (χ4n) is 2.12. The van der Waals surface area contributed by atoms with E-state index in [1.165, 1.54) is 22.3 Å². The highest BCUT2D eigenvalue weighted by Gasteiger charge is 2.02. The predicted octanol–water partition coefficient (Wildman–Crippen LogP) is 5.40. The van der Waals surface area contributed by atoms with Crippen LogP contribution in [0.1, 0.15) is 44.7 Å². The molecule has 20 heavy (non-hydrogen) atoms. The minimum atomic E-state index is 0.276. The van der Waals surface area contributed by atoms with Gasteiger partial charge in [0.1, 0.15) is 0 Å². The van der Waals surface area contributed by atoms with E-state index >= 15 is 0 Å². The molecule has 2 aromatic rings. The molecule has 0 amide bonds. The van der Waals surface area contributed by atoms with Crippen molar-refractivity contribution in [2.45, 2.75) is 46.3 Å². The van der Waals surface area contributed by atoms with E-state index in [1.807, 2.05) is 0 Å². The molecule has 106 valence electrons. The van der Waals surface area contributed by atoms with Crippen LogP contribution >= 0.6 is 0 Å². The zero-order valence-electron chi connectivity index (χ0n) is 12.9. The Labute approximate surface area is 122 Å². The highest BCUT2D eigenvalue weighted by atomic mass is 16.5. The smallest absolute Gasteiger partial charge is 0.0720 e. The van der Waals surface area contributed by atoms with E-state index in [0.29, 0.717) is 12.5 Å². The van der Waals surface area contributed by atoms with Crippen LogP contribution < -0.4 is 0 Å². The third-order valence-electron chi connectivity index (χ3n) is 3.45. The lowest BCUT2D eigenvalue weighted by atomic mass is 9.98. The fraction of sp³-hybridized carbons (Fsp3) is 0.368. The molecule has 2 rings (SSSR count). The molecule has 1 nitrogen and oxygen atoms in total. The first-order valence-corrected chi connectivity index (χ1v) is 7.37. The molecule has 0 aliphatic heterocycles. The van der Waals surface area contributed by atoms with E-state index in [0.717, 1.165) is 0 Å². The number of ether oxygens (including phenoxy) is 1.